The van der Waals surface area contributed by atoms with Gasteiger partial charge in [-0.3, -0.25) is 9.59 Å². The highest BCUT2D eigenvalue weighted by molar-refractivity contribution is 6.38. The standard InChI is InChI=1S/C28H35NO4/c1-4-28(2,3)25(30)26(31)29-20-12-11-17-23(29)27(32)33-24(22-15-9-6-10-16-22)19-18-21-13-7-5-8-14-21/h5-10,13-16,23-24H,4,11-12,17-20H2,1-3H3/t23?,24-/m1/s1. The molecular formula is C28H35NO4. The van der Waals surface area contributed by atoms with Crippen LogP contribution in [-0.4, -0.2) is 35.1 Å². The average molecular weight is 450 g/mol. The quantitative estimate of drug-likeness (QED) is 0.385. The summed E-state index contributed by atoms with van der Waals surface area (Å²) < 4.78 is 6.03. The van der Waals surface area contributed by atoms with Crippen molar-refractivity contribution >= 4 is 17.7 Å². The maximum absolute atomic E-state index is 13.3. The summed E-state index contributed by atoms with van der Waals surface area (Å²) in [4.78, 5) is 40.6. The molecule has 1 heterocycles. The third-order valence-electron chi connectivity index (χ3n) is 6.70. The Bertz CT molecular complexity index is 939. The van der Waals surface area contributed by atoms with Gasteiger partial charge in [-0.15, -0.1) is 0 Å². The SMILES string of the molecule is CCC(C)(C)C(=O)C(=O)N1CCCCC1C(=O)O[C@H](CCc1ccccc1)c1ccccc1. The van der Waals surface area contributed by atoms with Crippen LogP contribution in [0.4, 0.5) is 0 Å². The number of Topliss-reactive ketones (excluding diaryl/α,β-unsaturated/α-hetero) is 1. The van der Waals surface area contributed by atoms with Gasteiger partial charge in [0.1, 0.15) is 12.1 Å². The van der Waals surface area contributed by atoms with Gasteiger partial charge >= 0.3 is 5.97 Å². The summed E-state index contributed by atoms with van der Waals surface area (Å²) in [6.07, 6.45) is 3.69. The van der Waals surface area contributed by atoms with Crippen molar-refractivity contribution in [2.24, 2.45) is 5.41 Å². The van der Waals surface area contributed by atoms with Gasteiger partial charge in [-0.25, -0.2) is 4.79 Å². The Morgan fingerprint density at radius 2 is 1.64 bits per heavy atom. The van der Waals surface area contributed by atoms with Crippen LogP contribution in [0.5, 0.6) is 0 Å². The van der Waals surface area contributed by atoms with Crippen LogP contribution in [0.15, 0.2) is 60.7 Å². The molecule has 0 bridgehead atoms. The van der Waals surface area contributed by atoms with E-state index in [1.807, 2.05) is 55.5 Å². The first-order chi connectivity index (χ1) is 15.8. The Labute approximate surface area is 197 Å². The molecule has 0 aliphatic carbocycles. The number of hydrogen-bond acceptors (Lipinski definition) is 4. The third kappa shape index (κ3) is 6.31. The summed E-state index contributed by atoms with van der Waals surface area (Å²) in [5, 5.41) is 0. The first kappa shape index (κ1) is 24.7. The van der Waals surface area contributed by atoms with E-state index in [2.05, 4.69) is 12.1 Å². The molecule has 1 saturated heterocycles. The molecule has 0 radical (unpaired) electrons. The Morgan fingerprint density at radius 3 is 2.27 bits per heavy atom. The third-order valence-corrected chi connectivity index (χ3v) is 6.70. The lowest BCUT2D eigenvalue weighted by Gasteiger charge is -2.36. The van der Waals surface area contributed by atoms with Crippen LogP contribution in [0.1, 0.15) is 70.1 Å². The minimum absolute atomic E-state index is 0.407. The van der Waals surface area contributed by atoms with Crippen molar-refractivity contribution in [1.82, 2.24) is 4.90 Å². The summed E-state index contributed by atoms with van der Waals surface area (Å²) >= 11 is 0. The number of esters is 1. The van der Waals surface area contributed by atoms with Crippen LogP contribution in [0, 0.1) is 5.41 Å². The fraction of sp³-hybridized carbons (Fsp3) is 0.464. The van der Waals surface area contributed by atoms with E-state index in [1.54, 1.807) is 13.8 Å². The maximum Gasteiger partial charge on any atom is 0.329 e. The molecular weight excluding hydrogens is 414 g/mol. The Kier molecular flexibility index (Phi) is 8.43. The number of carbonyl (C=O) groups is 3. The van der Waals surface area contributed by atoms with Gasteiger partial charge in [0.15, 0.2) is 0 Å². The molecule has 0 N–H and O–H groups in total. The molecule has 1 unspecified atom stereocenters. The average Bonchev–Trinajstić information content (AvgIpc) is 2.86. The number of rotatable bonds is 9. The van der Waals surface area contributed by atoms with Crippen molar-refractivity contribution in [1.29, 1.82) is 0 Å². The molecule has 5 heteroatoms. The van der Waals surface area contributed by atoms with Crippen molar-refractivity contribution in [3.63, 3.8) is 0 Å². The number of ketones is 1. The first-order valence-electron chi connectivity index (χ1n) is 12.0. The van der Waals surface area contributed by atoms with Crippen molar-refractivity contribution < 1.29 is 19.1 Å². The molecule has 2 aromatic rings. The smallest absolute Gasteiger partial charge is 0.329 e. The summed E-state index contributed by atoms with van der Waals surface area (Å²) in [5.41, 5.74) is 1.36. The van der Waals surface area contributed by atoms with Crippen molar-refractivity contribution in [2.45, 2.75) is 71.4 Å². The molecule has 0 aromatic heterocycles. The van der Waals surface area contributed by atoms with Crippen LogP contribution < -0.4 is 0 Å². The second-order valence-electron chi connectivity index (χ2n) is 9.44. The molecule has 1 aliphatic heterocycles. The normalized spacial score (nSPS) is 17.3. The highest BCUT2D eigenvalue weighted by Gasteiger charge is 2.41. The lowest BCUT2D eigenvalue weighted by molar-refractivity contribution is -0.164. The summed E-state index contributed by atoms with van der Waals surface area (Å²) in [6, 6.07) is 19.1. The number of likely N-dealkylation sites (tertiary alicyclic amines) is 1. The van der Waals surface area contributed by atoms with E-state index in [0.29, 0.717) is 25.8 Å². The maximum atomic E-state index is 13.3. The zero-order chi connectivity index (χ0) is 23.8. The fourth-order valence-electron chi connectivity index (χ4n) is 4.12. The molecule has 5 nitrogen and oxygen atoms in total. The molecule has 0 saturated carbocycles. The van der Waals surface area contributed by atoms with Gasteiger partial charge < -0.3 is 9.64 Å². The largest absolute Gasteiger partial charge is 0.456 e. The predicted octanol–water partition coefficient (Wildman–Crippen LogP) is 5.29. The van der Waals surface area contributed by atoms with Crippen LogP contribution >= 0.6 is 0 Å². The lowest BCUT2D eigenvalue weighted by atomic mass is 9.84. The number of amides is 1. The zero-order valence-electron chi connectivity index (χ0n) is 20.0. The van der Waals surface area contributed by atoms with Gasteiger partial charge in [0.05, 0.1) is 0 Å². The zero-order valence-corrected chi connectivity index (χ0v) is 20.0. The highest BCUT2D eigenvalue weighted by Crippen LogP contribution is 2.29. The number of ether oxygens (including phenoxy) is 1. The van der Waals surface area contributed by atoms with Gasteiger partial charge in [0, 0.05) is 12.0 Å². The Balaban J connectivity index is 1.76. The van der Waals surface area contributed by atoms with Gasteiger partial charge in [0.25, 0.3) is 5.91 Å². The molecule has 33 heavy (non-hydrogen) atoms. The van der Waals surface area contributed by atoms with E-state index in [-0.39, 0.29) is 0 Å². The number of carbonyl (C=O) groups excluding carboxylic acids is 3. The van der Waals surface area contributed by atoms with Gasteiger partial charge in [-0.2, -0.15) is 0 Å². The minimum Gasteiger partial charge on any atom is -0.456 e. The topological polar surface area (TPSA) is 63.7 Å². The highest BCUT2D eigenvalue weighted by atomic mass is 16.5. The van der Waals surface area contributed by atoms with Crippen molar-refractivity contribution in [3.8, 4) is 0 Å². The fourth-order valence-corrected chi connectivity index (χ4v) is 4.12. The second kappa shape index (κ2) is 11.3. The Hall–Kier alpha value is -2.95. The Morgan fingerprint density at radius 1 is 1.00 bits per heavy atom. The van der Waals surface area contributed by atoms with E-state index in [1.165, 1.54) is 10.5 Å². The van der Waals surface area contributed by atoms with Crippen LogP contribution in [-0.2, 0) is 25.5 Å². The summed E-state index contributed by atoms with van der Waals surface area (Å²) in [5.74, 6) is -1.43. The van der Waals surface area contributed by atoms with Crippen LogP contribution in [0.2, 0.25) is 0 Å². The van der Waals surface area contributed by atoms with E-state index in [4.69, 9.17) is 4.74 Å². The molecule has 176 valence electrons. The van der Waals surface area contributed by atoms with Gasteiger partial charge in [-0.05, 0) is 49.7 Å². The van der Waals surface area contributed by atoms with Gasteiger partial charge in [0.2, 0.25) is 5.78 Å². The number of nitrogens with zero attached hydrogens (tertiary/aromatic N) is 1. The van der Waals surface area contributed by atoms with E-state index in [9.17, 15) is 14.4 Å². The molecule has 3 rings (SSSR count). The molecule has 2 aromatic carbocycles. The first-order valence-corrected chi connectivity index (χ1v) is 12.0. The van der Waals surface area contributed by atoms with E-state index < -0.39 is 35.2 Å². The summed E-state index contributed by atoms with van der Waals surface area (Å²) in [7, 11) is 0. The monoisotopic (exact) mass is 449 g/mol. The number of aryl methyl sites for hydroxylation is 1. The second-order valence-corrected chi connectivity index (χ2v) is 9.44. The molecule has 2 atom stereocenters. The molecule has 0 spiro atoms. The van der Waals surface area contributed by atoms with Crippen LogP contribution in [0.25, 0.3) is 0 Å². The number of piperidine rings is 1. The van der Waals surface area contributed by atoms with Crippen molar-refractivity contribution in [2.75, 3.05) is 6.54 Å². The minimum atomic E-state index is -0.745. The van der Waals surface area contributed by atoms with Crippen LogP contribution in [0.3, 0.4) is 0 Å². The molecule has 1 fully saturated rings. The van der Waals surface area contributed by atoms with Crippen molar-refractivity contribution in [3.05, 3.63) is 71.8 Å². The number of hydrogen-bond donors (Lipinski definition) is 0. The van der Waals surface area contributed by atoms with E-state index >= 15 is 0 Å². The number of benzene rings is 2. The summed E-state index contributed by atoms with van der Waals surface area (Å²) in [6.45, 7) is 5.85. The predicted molar refractivity (Wildman–Crippen MR) is 128 cm³/mol. The van der Waals surface area contributed by atoms with E-state index in [0.717, 1.165) is 24.8 Å². The van der Waals surface area contributed by atoms with Gasteiger partial charge in [-0.1, -0.05) is 81.4 Å². The lowest BCUT2D eigenvalue weighted by Crippen LogP contribution is -2.53. The molecule has 1 aliphatic rings. The molecule has 1 amide bonds.